The van der Waals surface area contributed by atoms with Gasteiger partial charge in [-0.25, -0.2) is 0 Å². The fourth-order valence-corrected chi connectivity index (χ4v) is 2.96. The molecule has 0 radical (unpaired) electrons. The fraction of sp³-hybridized carbons (Fsp3) is 0.562. The lowest BCUT2D eigenvalue weighted by Gasteiger charge is -2.30. The number of anilines is 1. The Labute approximate surface area is 135 Å². The average Bonchev–Trinajstić information content (AvgIpc) is 2.55. The highest BCUT2D eigenvalue weighted by molar-refractivity contribution is 5.93. The maximum Gasteiger partial charge on any atom is 0.273 e. The number of nitrogens with zero attached hydrogens (tertiary/aromatic N) is 2. The Hall–Kier alpha value is -2.15. The first-order chi connectivity index (χ1) is 11.0. The molecule has 0 saturated heterocycles. The van der Waals surface area contributed by atoms with Gasteiger partial charge in [0.2, 0.25) is 5.91 Å². The Morgan fingerprint density at radius 2 is 2.09 bits per heavy atom. The molecule has 23 heavy (non-hydrogen) atoms. The van der Waals surface area contributed by atoms with E-state index in [4.69, 9.17) is 4.74 Å². The van der Waals surface area contributed by atoms with E-state index in [-0.39, 0.29) is 17.3 Å². The van der Waals surface area contributed by atoms with Gasteiger partial charge in [-0.3, -0.25) is 19.8 Å². The number of carbonyl (C=O) groups is 1. The van der Waals surface area contributed by atoms with Crippen molar-refractivity contribution < 1.29 is 14.5 Å². The molecule has 1 aromatic rings. The maximum atomic E-state index is 12.2. The standard InChI is InChI=1S/C16H23N3O4/c1-18(12-6-4-3-5-7-12)11-16(20)17-14-9-8-13(19(21)22)10-15(14)23-2/h8-10,12H,3-7,11H2,1-2H3,(H,17,20). The van der Waals surface area contributed by atoms with Crippen molar-refractivity contribution in [2.24, 2.45) is 0 Å². The van der Waals surface area contributed by atoms with E-state index >= 15 is 0 Å². The Morgan fingerprint density at radius 1 is 1.39 bits per heavy atom. The summed E-state index contributed by atoms with van der Waals surface area (Å²) in [5.74, 6) is 0.137. The molecule has 7 nitrogen and oxygen atoms in total. The summed E-state index contributed by atoms with van der Waals surface area (Å²) in [5, 5.41) is 13.5. The van der Waals surface area contributed by atoms with E-state index in [2.05, 4.69) is 10.2 Å². The van der Waals surface area contributed by atoms with Crippen LogP contribution in [0, 0.1) is 10.1 Å². The molecule has 1 aromatic carbocycles. The second-order valence-corrected chi connectivity index (χ2v) is 5.90. The Balaban J connectivity index is 1.97. The molecule has 7 heteroatoms. The summed E-state index contributed by atoms with van der Waals surface area (Å²) in [6.45, 7) is 0.296. The van der Waals surface area contributed by atoms with Crippen molar-refractivity contribution in [2.45, 2.75) is 38.1 Å². The lowest BCUT2D eigenvalue weighted by Crippen LogP contribution is -2.39. The number of rotatable bonds is 6. The molecule has 0 heterocycles. The van der Waals surface area contributed by atoms with Crippen molar-refractivity contribution in [1.29, 1.82) is 0 Å². The molecule has 1 saturated carbocycles. The number of likely N-dealkylation sites (N-methyl/N-ethyl adjacent to an activating group) is 1. The van der Waals surface area contributed by atoms with Crippen LogP contribution in [-0.4, -0.2) is 42.5 Å². The van der Waals surface area contributed by atoms with Gasteiger partial charge in [-0.2, -0.15) is 0 Å². The molecule has 1 aliphatic rings. The highest BCUT2D eigenvalue weighted by atomic mass is 16.6. The molecule has 0 aromatic heterocycles. The number of benzene rings is 1. The highest BCUT2D eigenvalue weighted by Crippen LogP contribution is 2.29. The van der Waals surface area contributed by atoms with Crippen LogP contribution in [0.2, 0.25) is 0 Å². The van der Waals surface area contributed by atoms with E-state index in [1.807, 2.05) is 7.05 Å². The van der Waals surface area contributed by atoms with Crippen molar-refractivity contribution in [2.75, 3.05) is 26.0 Å². The number of nitro benzene ring substituents is 1. The lowest BCUT2D eigenvalue weighted by atomic mass is 9.94. The minimum atomic E-state index is -0.495. The molecule has 0 unspecified atom stereocenters. The van der Waals surface area contributed by atoms with Gasteiger partial charge in [0.15, 0.2) is 0 Å². The molecule has 126 valence electrons. The number of nitrogens with one attached hydrogen (secondary N) is 1. The second kappa shape index (κ2) is 7.92. The molecule has 2 rings (SSSR count). The van der Waals surface area contributed by atoms with Crippen LogP contribution >= 0.6 is 0 Å². The third kappa shape index (κ3) is 4.66. The zero-order valence-corrected chi connectivity index (χ0v) is 13.6. The summed E-state index contributed by atoms with van der Waals surface area (Å²) in [5.41, 5.74) is 0.374. The van der Waals surface area contributed by atoms with E-state index in [1.165, 1.54) is 44.6 Å². The molecule has 1 amide bonds. The number of hydrogen-bond acceptors (Lipinski definition) is 5. The smallest absolute Gasteiger partial charge is 0.273 e. The van der Waals surface area contributed by atoms with Gasteiger partial charge in [0.1, 0.15) is 5.75 Å². The summed E-state index contributed by atoms with van der Waals surface area (Å²) < 4.78 is 5.13. The van der Waals surface area contributed by atoms with Crippen LogP contribution in [0.5, 0.6) is 5.75 Å². The highest BCUT2D eigenvalue weighted by Gasteiger charge is 2.20. The fourth-order valence-electron chi connectivity index (χ4n) is 2.96. The number of carbonyl (C=O) groups excluding carboxylic acids is 1. The van der Waals surface area contributed by atoms with E-state index in [0.29, 0.717) is 18.3 Å². The van der Waals surface area contributed by atoms with Gasteiger partial charge in [0.25, 0.3) is 5.69 Å². The summed E-state index contributed by atoms with van der Waals surface area (Å²) >= 11 is 0. The number of amides is 1. The van der Waals surface area contributed by atoms with Crippen molar-refractivity contribution in [3.63, 3.8) is 0 Å². The minimum absolute atomic E-state index is 0.0702. The van der Waals surface area contributed by atoms with Crippen LogP contribution in [-0.2, 0) is 4.79 Å². The number of ether oxygens (including phenoxy) is 1. The predicted octanol–water partition coefficient (Wildman–Crippen LogP) is 2.81. The van der Waals surface area contributed by atoms with Gasteiger partial charge >= 0.3 is 0 Å². The van der Waals surface area contributed by atoms with Crippen LogP contribution in [0.4, 0.5) is 11.4 Å². The molecule has 1 N–H and O–H groups in total. The summed E-state index contributed by atoms with van der Waals surface area (Å²) in [6, 6.07) is 4.60. The maximum absolute atomic E-state index is 12.2. The first-order valence-corrected chi connectivity index (χ1v) is 7.83. The van der Waals surface area contributed by atoms with Crippen LogP contribution in [0.3, 0.4) is 0 Å². The van der Waals surface area contributed by atoms with E-state index in [9.17, 15) is 14.9 Å². The molecule has 0 atom stereocenters. The van der Waals surface area contributed by atoms with Crippen LogP contribution in [0.25, 0.3) is 0 Å². The van der Waals surface area contributed by atoms with Gasteiger partial charge in [-0.05, 0) is 26.0 Å². The van der Waals surface area contributed by atoms with Gasteiger partial charge in [0, 0.05) is 12.1 Å². The average molecular weight is 321 g/mol. The zero-order chi connectivity index (χ0) is 16.8. The van der Waals surface area contributed by atoms with Gasteiger partial charge < -0.3 is 10.1 Å². The summed E-state index contributed by atoms with van der Waals surface area (Å²) in [7, 11) is 3.38. The van der Waals surface area contributed by atoms with Crippen molar-refractivity contribution in [3.8, 4) is 5.75 Å². The molecule has 0 bridgehead atoms. The quantitative estimate of drug-likeness (QED) is 0.643. The van der Waals surface area contributed by atoms with Crippen LogP contribution in [0.15, 0.2) is 18.2 Å². The summed E-state index contributed by atoms with van der Waals surface area (Å²) in [6.07, 6.45) is 5.96. The zero-order valence-electron chi connectivity index (χ0n) is 13.6. The molecule has 1 fully saturated rings. The number of non-ortho nitro benzene ring substituents is 1. The van der Waals surface area contributed by atoms with Gasteiger partial charge in [-0.1, -0.05) is 19.3 Å². The molecular weight excluding hydrogens is 298 g/mol. The minimum Gasteiger partial charge on any atom is -0.494 e. The Bertz CT molecular complexity index is 570. The number of hydrogen-bond donors (Lipinski definition) is 1. The topological polar surface area (TPSA) is 84.7 Å². The first-order valence-electron chi connectivity index (χ1n) is 7.83. The Morgan fingerprint density at radius 3 is 2.70 bits per heavy atom. The Kier molecular flexibility index (Phi) is 5.92. The van der Waals surface area contributed by atoms with Crippen molar-refractivity contribution >= 4 is 17.3 Å². The monoisotopic (exact) mass is 321 g/mol. The van der Waals surface area contributed by atoms with Gasteiger partial charge in [0.05, 0.1) is 30.3 Å². The van der Waals surface area contributed by atoms with E-state index in [0.717, 1.165) is 12.8 Å². The van der Waals surface area contributed by atoms with Crippen LogP contribution < -0.4 is 10.1 Å². The van der Waals surface area contributed by atoms with Gasteiger partial charge in [-0.15, -0.1) is 0 Å². The number of methoxy groups -OCH3 is 1. The van der Waals surface area contributed by atoms with E-state index in [1.54, 1.807) is 0 Å². The lowest BCUT2D eigenvalue weighted by molar-refractivity contribution is -0.384. The predicted molar refractivity (Wildman–Crippen MR) is 87.8 cm³/mol. The van der Waals surface area contributed by atoms with Crippen molar-refractivity contribution in [3.05, 3.63) is 28.3 Å². The summed E-state index contributed by atoms with van der Waals surface area (Å²) in [4.78, 5) is 24.6. The third-order valence-corrected chi connectivity index (χ3v) is 4.26. The molecule has 0 spiro atoms. The molecule has 1 aliphatic carbocycles. The third-order valence-electron chi connectivity index (χ3n) is 4.26. The largest absolute Gasteiger partial charge is 0.494 e. The molecular formula is C16H23N3O4. The first kappa shape index (κ1) is 17.2. The normalized spacial score (nSPS) is 15.4. The van der Waals surface area contributed by atoms with Crippen molar-refractivity contribution in [1.82, 2.24) is 4.90 Å². The van der Waals surface area contributed by atoms with E-state index < -0.39 is 4.92 Å². The van der Waals surface area contributed by atoms with Crippen LogP contribution in [0.1, 0.15) is 32.1 Å². The SMILES string of the molecule is COc1cc([N+](=O)[O-])ccc1NC(=O)CN(C)C1CCCCC1. The molecule has 0 aliphatic heterocycles. The number of nitro groups is 1. The second-order valence-electron chi connectivity index (χ2n) is 5.90.